The van der Waals surface area contributed by atoms with Crippen molar-refractivity contribution in [3.05, 3.63) is 66.3 Å². The number of benzene rings is 2. The lowest BCUT2D eigenvalue weighted by atomic mass is 10.0. The summed E-state index contributed by atoms with van der Waals surface area (Å²) in [6.45, 7) is 3.69. The van der Waals surface area contributed by atoms with Gasteiger partial charge < -0.3 is 10.4 Å². The zero-order chi connectivity index (χ0) is 14.8. The summed E-state index contributed by atoms with van der Waals surface area (Å²) in [6.07, 6.45) is 5.73. The summed E-state index contributed by atoms with van der Waals surface area (Å²) in [7, 11) is 2.73. The van der Waals surface area contributed by atoms with Crippen LogP contribution in [0.1, 0.15) is 5.56 Å². The summed E-state index contributed by atoms with van der Waals surface area (Å²) in [5.74, 6) is 0. The molecular weight excluding hydrogens is 275 g/mol. The smallest absolute Gasteiger partial charge is 0.0471 e. The highest BCUT2D eigenvalue weighted by Gasteiger charge is 2.05. The van der Waals surface area contributed by atoms with Crippen molar-refractivity contribution in [1.29, 1.82) is 5.41 Å². The third kappa shape index (κ3) is 2.68. The zero-order valence-electron chi connectivity index (χ0n) is 11.7. The number of hydrogen-bond donors (Lipinski definition) is 2. The number of rotatable bonds is 4. The molecule has 21 heavy (non-hydrogen) atoms. The topological polar surface area (TPSA) is 39.6 Å². The Labute approximate surface area is 126 Å². The van der Waals surface area contributed by atoms with Gasteiger partial charge in [-0.25, -0.2) is 0 Å². The van der Waals surface area contributed by atoms with Gasteiger partial charge in [-0.3, -0.25) is 0 Å². The van der Waals surface area contributed by atoms with Crippen molar-refractivity contribution in [2.75, 3.05) is 0 Å². The van der Waals surface area contributed by atoms with Gasteiger partial charge in [-0.05, 0) is 35.0 Å². The Bertz CT molecular complexity index is 871. The molecule has 0 aliphatic carbocycles. The van der Waals surface area contributed by atoms with E-state index >= 15 is 0 Å². The predicted octanol–water partition coefficient (Wildman–Crippen LogP) is 4.13. The van der Waals surface area contributed by atoms with Gasteiger partial charge in [0, 0.05) is 28.0 Å². The summed E-state index contributed by atoms with van der Waals surface area (Å²) in [5, 5.41) is 11.1. The molecule has 1 aromatic heterocycles. The van der Waals surface area contributed by atoms with E-state index in [1.54, 1.807) is 6.08 Å². The molecule has 0 amide bonds. The quantitative estimate of drug-likeness (QED) is 0.412. The Hall–Kier alpha value is -2.18. The van der Waals surface area contributed by atoms with Crippen molar-refractivity contribution < 1.29 is 0 Å². The average molecular weight is 292 g/mol. The molecule has 1 heterocycles. The molecule has 104 valence electrons. The van der Waals surface area contributed by atoms with E-state index in [9.17, 15) is 0 Å². The Balaban J connectivity index is 2.08. The second-order valence-corrected chi connectivity index (χ2v) is 5.78. The van der Waals surface area contributed by atoms with Gasteiger partial charge in [0.1, 0.15) is 0 Å². The van der Waals surface area contributed by atoms with E-state index < -0.39 is 0 Å². The van der Waals surface area contributed by atoms with E-state index in [2.05, 4.69) is 57.2 Å². The highest BCUT2D eigenvalue weighted by atomic mass is 31.0. The van der Waals surface area contributed by atoms with Gasteiger partial charge in [-0.1, -0.05) is 43.0 Å². The van der Waals surface area contributed by atoms with Gasteiger partial charge in [-0.2, -0.15) is 0 Å². The van der Waals surface area contributed by atoms with Crippen LogP contribution in [0.4, 0.5) is 0 Å². The maximum atomic E-state index is 7.44. The molecular formula is C18H17N2P. The molecule has 0 bridgehead atoms. The summed E-state index contributed by atoms with van der Waals surface area (Å²) in [5.41, 5.74) is 4.44. The molecule has 0 radical (unpaired) electrons. The van der Waals surface area contributed by atoms with Crippen LogP contribution in [0.3, 0.4) is 0 Å². The molecule has 3 rings (SSSR count). The standard InChI is InChI=1S/C18H17N2P/c1-2-3-13(11-19)8-12-4-6-15-16-7-5-14(21)10-18(16)20-17(15)9-12/h2-7,9-11,19-20H,1,8,21H2/b13-3-,19-11?. The van der Waals surface area contributed by atoms with Crippen LogP contribution in [0.15, 0.2) is 60.7 Å². The number of aromatic amines is 1. The molecule has 0 saturated heterocycles. The van der Waals surface area contributed by atoms with E-state index in [1.807, 2.05) is 6.08 Å². The monoisotopic (exact) mass is 292 g/mol. The van der Waals surface area contributed by atoms with Crippen molar-refractivity contribution in [3.63, 3.8) is 0 Å². The molecule has 1 unspecified atom stereocenters. The lowest BCUT2D eigenvalue weighted by Crippen LogP contribution is -1.91. The van der Waals surface area contributed by atoms with Crippen molar-refractivity contribution in [2.24, 2.45) is 0 Å². The first-order valence-electron chi connectivity index (χ1n) is 6.83. The first-order chi connectivity index (χ1) is 10.2. The van der Waals surface area contributed by atoms with Crippen molar-refractivity contribution in [2.45, 2.75) is 6.42 Å². The first-order valence-corrected chi connectivity index (χ1v) is 7.41. The minimum atomic E-state index is 0.746. The maximum Gasteiger partial charge on any atom is 0.0471 e. The number of H-pyrrole nitrogens is 1. The fourth-order valence-electron chi connectivity index (χ4n) is 2.63. The summed E-state index contributed by atoms with van der Waals surface area (Å²) in [6, 6.07) is 12.8. The second-order valence-electron chi connectivity index (χ2n) is 5.11. The summed E-state index contributed by atoms with van der Waals surface area (Å²) in [4.78, 5) is 3.47. The van der Waals surface area contributed by atoms with Crippen molar-refractivity contribution >= 4 is 42.6 Å². The Morgan fingerprint density at radius 1 is 1.14 bits per heavy atom. The Morgan fingerprint density at radius 3 is 2.57 bits per heavy atom. The normalized spacial score (nSPS) is 12.0. The zero-order valence-corrected chi connectivity index (χ0v) is 12.8. The van der Waals surface area contributed by atoms with E-state index in [0.717, 1.165) is 23.0 Å². The van der Waals surface area contributed by atoms with E-state index in [1.165, 1.54) is 27.9 Å². The van der Waals surface area contributed by atoms with E-state index in [4.69, 9.17) is 5.41 Å². The molecule has 0 fully saturated rings. The van der Waals surface area contributed by atoms with Crippen LogP contribution in [0.2, 0.25) is 0 Å². The van der Waals surface area contributed by atoms with E-state index in [0.29, 0.717) is 0 Å². The molecule has 3 aromatic rings. The average Bonchev–Trinajstić information content (AvgIpc) is 2.83. The lowest BCUT2D eigenvalue weighted by molar-refractivity contribution is 1.23. The van der Waals surface area contributed by atoms with Gasteiger partial charge in [0.2, 0.25) is 0 Å². The fraction of sp³-hybridized carbons (Fsp3) is 0.0556. The fourth-order valence-corrected chi connectivity index (χ4v) is 2.89. The van der Waals surface area contributed by atoms with Crippen LogP contribution in [-0.2, 0) is 6.42 Å². The van der Waals surface area contributed by atoms with E-state index in [-0.39, 0.29) is 0 Å². The molecule has 1 atom stereocenters. The Kier molecular flexibility index (Phi) is 3.72. The number of aromatic nitrogens is 1. The van der Waals surface area contributed by atoms with Crippen LogP contribution in [0.5, 0.6) is 0 Å². The van der Waals surface area contributed by atoms with Gasteiger partial charge in [0.05, 0.1) is 0 Å². The first kappa shape index (κ1) is 13.8. The molecule has 0 aliphatic heterocycles. The third-order valence-electron chi connectivity index (χ3n) is 3.61. The van der Waals surface area contributed by atoms with Gasteiger partial charge in [0.25, 0.3) is 0 Å². The minimum Gasteiger partial charge on any atom is -0.354 e. The molecule has 2 nitrogen and oxygen atoms in total. The molecule has 2 aromatic carbocycles. The van der Waals surface area contributed by atoms with Crippen LogP contribution in [-0.4, -0.2) is 11.2 Å². The summed E-state index contributed by atoms with van der Waals surface area (Å²) < 4.78 is 0. The molecule has 2 N–H and O–H groups in total. The molecule has 3 heteroatoms. The SMILES string of the molecule is C=C/C=C(\C=N)Cc1ccc2c(c1)[nH]c1cc(P)ccc12. The number of allylic oxidation sites excluding steroid dienone is 3. The highest BCUT2D eigenvalue weighted by Crippen LogP contribution is 2.26. The molecule has 0 saturated carbocycles. The highest BCUT2D eigenvalue weighted by molar-refractivity contribution is 7.27. The van der Waals surface area contributed by atoms with Gasteiger partial charge in [-0.15, -0.1) is 9.24 Å². The van der Waals surface area contributed by atoms with Crippen LogP contribution < -0.4 is 5.30 Å². The number of fused-ring (bicyclic) bond motifs is 3. The Morgan fingerprint density at radius 2 is 1.86 bits per heavy atom. The van der Waals surface area contributed by atoms with Crippen LogP contribution in [0, 0.1) is 5.41 Å². The van der Waals surface area contributed by atoms with Crippen molar-refractivity contribution in [1.82, 2.24) is 4.98 Å². The second kappa shape index (κ2) is 5.67. The third-order valence-corrected chi connectivity index (χ3v) is 3.97. The summed E-state index contributed by atoms with van der Waals surface area (Å²) >= 11 is 0. The predicted molar refractivity (Wildman–Crippen MR) is 95.9 cm³/mol. The van der Waals surface area contributed by atoms with Crippen molar-refractivity contribution in [3.8, 4) is 0 Å². The van der Waals surface area contributed by atoms with Crippen LogP contribution in [0.25, 0.3) is 21.8 Å². The van der Waals surface area contributed by atoms with Crippen LogP contribution >= 0.6 is 9.24 Å². The maximum absolute atomic E-state index is 7.44. The number of hydrogen-bond acceptors (Lipinski definition) is 1. The van der Waals surface area contributed by atoms with Gasteiger partial charge in [0.15, 0.2) is 0 Å². The minimum absolute atomic E-state index is 0.746. The molecule has 0 spiro atoms. The largest absolute Gasteiger partial charge is 0.354 e. The molecule has 0 aliphatic rings. The number of nitrogens with one attached hydrogen (secondary N) is 2. The lowest BCUT2D eigenvalue weighted by Gasteiger charge is -2.02. The van der Waals surface area contributed by atoms with Gasteiger partial charge >= 0.3 is 0 Å².